The average Bonchev–Trinajstić information content (AvgIpc) is 3.01. The second-order valence-corrected chi connectivity index (χ2v) is 5.34. The smallest absolute Gasteiger partial charge is 0.272 e. The number of halogens is 1. The highest BCUT2D eigenvalue weighted by atomic mass is 35.5. The van der Waals surface area contributed by atoms with Crippen LogP contribution in [0.25, 0.3) is 0 Å². The molecule has 6 heteroatoms. The maximum atomic E-state index is 12.4. The molecule has 1 N–H and O–H groups in total. The number of carbonyl (C=O) groups excluding carboxylic acids is 1. The summed E-state index contributed by atoms with van der Waals surface area (Å²) in [7, 11) is 0. The van der Waals surface area contributed by atoms with Gasteiger partial charge in [0.25, 0.3) is 5.91 Å². The first-order valence-electron chi connectivity index (χ1n) is 6.65. The Kier molecular flexibility index (Phi) is 3.69. The Morgan fingerprint density at radius 2 is 2.30 bits per heavy atom. The molecule has 5 nitrogen and oxygen atoms in total. The second kappa shape index (κ2) is 5.63. The zero-order valence-electron chi connectivity index (χ0n) is 10.9. The molecule has 2 aromatic rings. The van der Waals surface area contributed by atoms with Gasteiger partial charge in [-0.15, -0.1) is 0 Å². The summed E-state index contributed by atoms with van der Waals surface area (Å²) in [6.07, 6.45) is 3.79. The number of carbonyl (C=O) groups is 1. The lowest BCUT2D eigenvalue weighted by molar-refractivity contribution is 0.0700. The van der Waals surface area contributed by atoms with Crippen molar-refractivity contribution in [3.8, 4) is 0 Å². The molecule has 3 rings (SSSR count). The molecule has 2 aromatic heterocycles. The van der Waals surface area contributed by atoms with Crippen LogP contribution < -0.4 is 0 Å². The van der Waals surface area contributed by atoms with Crippen LogP contribution in [-0.4, -0.2) is 39.1 Å². The monoisotopic (exact) mass is 290 g/mol. The fraction of sp³-hybridized carbons (Fsp3) is 0.357. The lowest BCUT2D eigenvalue weighted by Gasteiger charge is -2.32. The third-order valence-electron chi connectivity index (χ3n) is 3.60. The molecule has 3 heterocycles. The number of piperidine rings is 1. The summed E-state index contributed by atoms with van der Waals surface area (Å²) in [4.78, 5) is 18.4. The topological polar surface area (TPSA) is 61.9 Å². The summed E-state index contributed by atoms with van der Waals surface area (Å²) < 4.78 is 0. The number of hydrogen-bond acceptors (Lipinski definition) is 3. The number of H-pyrrole nitrogens is 1. The maximum absolute atomic E-state index is 12.4. The van der Waals surface area contributed by atoms with E-state index in [1.54, 1.807) is 24.4 Å². The van der Waals surface area contributed by atoms with Gasteiger partial charge in [0.05, 0.1) is 0 Å². The summed E-state index contributed by atoms with van der Waals surface area (Å²) in [6, 6.07) is 7.09. The largest absolute Gasteiger partial charge is 0.337 e. The van der Waals surface area contributed by atoms with Crippen molar-refractivity contribution in [3.05, 3.63) is 47.0 Å². The Balaban J connectivity index is 1.75. The number of aromatic amines is 1. The van der Waals surface area contributed by atoms with Crippen molar-refractivity contribution in [1.29, 1.82) is 0 Å². The molecule has 1 unspecified atom stereocenters. The van der Waals surface area contributed by atoms with Crippen LogP contribution in [0, 0.1) is 0 Å². The van der Waals surface area contributed by atoms with E-state index in [-0.39, 0.29) is 5.91 Å². The van der Waals surface area contributed by atoms with Crippen molar-refractivity contribution in [1.82, 2.24) is 20.1 Å². The Morgan fingerprint density at radius 3 is 3.05 bits per heavy atom. The van der Waals surface area contributed by atoms with Crippen molar-refractivity contribution >= 4 is 17.5 Å². The number of rotatable bonds is 2. The molecule has 0 spiro atoms. The highest BCUT2D eigenvalue weighted by Gasteiger charge is 2.26. The third kappa shape index (κ3) is 2.67. The summed E-state index contributed by atoms with van der Waals surface area (Å²) in [6.45, 7) is 1.45. The highest BCUT2D eigenvalue weighted by Crippen LogP contribution is 2.26. The van der Waals surface area contributed by atoms with E-state index in [9.17, 15) is 4.79 Å². The van der Waals surface area contributed by atoms with Crippen molar-refractivity contribution < 1.29 is 4.79 Å². The Hall–Kier alpha value is -1.88. The van der Waals surface area contributed by atoms with Gasteiger partial charge in [-0.1, -0.05) is 17.7 Å². The molecular weight excluding hydrogens is 276 g/mol. The number of amides is 1. The number of pyridine rings is 1. The van der Waals surface area contributed by atoms with Crippen LogP contribution in [0.2, 0.25) is 5.15 Å². The van der Waals surface area contributed by atoms with Crippen LogP contribution >= 0.6 is 11.6 Å². The van der Waals surface area contributed by atoms with E-state index in [0.717, 1.165) is 25.1 Å². The number of likely N-dealkylation sites (tertiary alicyclic amines) is 1. The van der Waals surface area contributed by atoms with Crippen LogP contribution in [0.4, 0.5) is 0 Å². The molecule has 1 aliphatic rings. The van der Waals surface area contributed by atoms with Gasteiger partial charge < -0.3 is 4.90 Å². The molecule has 1 fully saturated rings. The molecule has 0 aromatic carbocycles. The predicted octanol–water partition coefficient (Wildman–Crippen LogP) is 2.48. The molecule has 20 heavy (non-hydrogen) atoms. The standard InChI is InChI=1S/C14H15ClN4O/c15-13-5-1-4-12(17-13)14(20)19-8-2-3-10(9-19)11-6-7-16-18-11/h1,4-7,10H,2-3,8-9H2,(H,16,18). The molecule has 1 saturated heterocycles. The first-order chi connectivity index (χ1) is 9.74. The Bertz CT molecular complexity index is 599. The van der Waals surface area contributed by atoms with Crippen molar-refractivity contribution in [2.75, 3.05) is 13.1 Å². The molecular formula is C14H15ClN4O. The molecule has 0 saturated carbocycles. The van der Waals surface area contributed by atoms with Gasteiger partial charge in [-0.05, 0) is 31.0 Å². The van der Waals surface area contributed by atoms with Crippen LogP contribution in [0.15, 0.2) is 30.5 Å². The zero-order valence-corrected chi connectivity index (χ0v) is 11.7. The zero-order chi connectivity index (χ0) is 13.9. The summed E-state index contributed by atoms with van der Waals surface area (Å²) in [5.74, 6) is 0.256. The predicted molar refractivity (Wildman–Crippen MR) is 75.7 cm³/mol. The van der Waals surface area contributed by atoms with Crippen LogP contribution in [0.3, 0.4) is 0 Å². The third-order valence-corrected chi connectivity index (χ3v) is 3.82. The quantitative estimate of drug-likeness (QED) is 0.864. The molecule has 1 amide bonds. The molecule has 0 radical (unpaired) electrons. The molecule has 1 atom stereocenters. The SMILES string of the molecule is O=C(c1cccc(Cl)n1)N1CCCC(c2ccn[nH]2)C1. The van der Waals surface area contributed by atoms with E-state index >= 15 is 0 Å². The van der Waals surface area contributed by atoms with Gasteiger partial charge in [0, 0.05) is 30.9 Å². The molecule has 104 valence electrons. The summed E-state index contributed by atoms with van der Waals surface area (Å²) >= 11 is 5.84. The van der Waals surface area contributed by atoms with Crippen molar-refractivity contribution in [2.24, 2.45) is 0 Å². The van der Waals surface area contributed by atoms with Crippen molar-refractivity contribution in [3.63, 3.8) is 0 Å². The van der Waals surface area contributed by atoms with Gasteiger partial charge in [-0.3, -0.25) is 9.89 Å². The average molecular weight is 291 g/mol. The minimum atomic E-state index is -0.0586. The normalized spacial score (nSPS) is 19.1. The van der Waals surface area contributed by atoms with Crippen molar-refractivity contribution in [2.45, 2.75) is 18.8 Å². The summed E-state index contributed by atoms with van der Waals surface area (Å²) in [5.41, 5.74) is 1.49. The first kappa shape index (κ1) is 13.1. The fourth-order valence-corrected chi connectivity index (χ4v) is 2.76. The van der Waals surface area contributed by atoms with Gasteiger partial charge in [-0.25, -0.2) is 4.98 Å². The molecule has 1 aliphatic heterocycles. The number of aromatic nitrogens is 3. The first-order valence-corrected chi connectivity index (χ1v) is 7.03. The molecule has 0 aliphatic carbocycles. The number of nitrogens with zero attached hydrogens (tertiary/aromatic N) is 3. The van der Waals surface area contributed by atoms with E-state index in [2.05, 4.69) is 15.2 Å². The fourth-order valence-electron chi connectivity index (χ4n) is 2.60. The lowest BCUT2D eigenvalue weighted by Crippen LogP contribution is -2.39. The maximum Gasteiger partial charge on any atom is 0.272 e. The Morgan fingerprint density at radius 1 is 1.40 bits per heavy atom. The van der Waals surface area contributed by atoms with E-state index < -0.39 is 0 Å². The van der Waals surface area contributed by atoms with Gasteiger partial charge in [0.15, 0.2) is 0 Å². The van der Waals surface area contributed by atoms with E-state index in [1.165, 1.54) is 0 Å². The van der Waals surface area contributed by atoms with E-state index in [0.29, 0.717) is 23.3 Å². The Labute approximate surface area is 122 Å². The number of hydrogen-bond donors (Lipinski definition) is 1. The van der Waals surface area contributed by atoms with E-state index in [4.69, 9.17) is 11.6 Å². The summed E-state index contributed by atoms with van der Waals surface area (Å²) in [5, 5.41) is 7.31. The lowest BCUT2D eigenvalue weighted by atomic mass is 9.95. The minimum absolute atomic E-state index is 0.0586. The van der Waals surface area contributed by atoms with Gasteiger partial charge in [0.1, 0.15) is 10.8 Å². The van der Waals surface area contributed by atoms with Gasteiger partial charge in [-0.2, -0.15) is 5.10 Å². The minimum Gasteiger partial charge on any atom is -0.337 e. The van der Waals surface area contributed by atoms with Crippen LogP contribution in [-0.2, 0) is 0 Å². The number of nitrogens with one attached hydrogen (secondary N) is 1. The van der Waals surface area contributed by atoms with Gasteiger partial charge in [0.2, 0.25) is 0 Å². The highest BCUT2D eigenvalue weighted by molar-refractivity contribution is 6.29. The van der Waals surface area contributed by atoms with Gasteiger partial charge >= 0.3 is 0 Å². The van der Waals surface area contributed by atoms with Crippen LogP contribution in [0.1, 0.15) is 34.9 Å². The van der Waals surface area contributed by atoms with Crippen LogP contribution in [0.5, 0.6) is 0 Å². The second-order valence-electron chi connectivity index (χ2n) is 4.95. The van der Waals surface area contributed by atoms with E-state index in [1.807, 2.05) is 11.0 Å². The molecule has 0 bridgehead atoms.